The number of pyridine rings is 1. The zero-order valence-electron chi connectivity index (χ0n) is 15.5. The van der Waals surface area contributed by atoms with Crippen molar-refractivity contribution in [3.63, 3.8) is 0 Å². The van der Waals surface area contributed by atoms with Crippen LogP contribution in [0.15, 0.2) is 67.0 Å². The van der Waals surface area contributed by atoms with E-state index in [2.05, 4.69) is 15.0 Å². The van der Waals surface area contributed by atoms with Crippen LogP contribution in [0, 0.1) is 0 Å². The smallest absolute Gasteiger partial charge is 0.387 e. The van der Waals surface area contributed by atoms with E-state index in [-0.39, 0.29) is 17.9 Å². The fourth-order valence-electron chi connectivity index (χ4n) is 2.56. The van der Waals surface area contributed by atoms with Gasteiger partial charge in [-0.15, -0.1) is 0 Å². The molecule has 29 heavy (non-hydrogen) atoms. The van der Waals surface area contributed by atoms with Crippen molar-refractivity contribution in [1.29, 1.82) is 0 Å². The highest BCUT2D eigenvalue weighted by Gasteiger charge is 2.16. The Kier molecular flexibility index (Phi) is 6.57. The number of amides is 1. The number of para-hydroxylation sites is 1. The number of hydrogen-bond donors (Lipinski definition) is 1. The molecular formula is C21H18F2N2O4. The van der Waals surface area contributed by atoms with Crippen molar-refractivity contribution in [1.82, 2.24) is 4.98 Å². The van der Waals surface area contributed by atoms with Crippen LogP contribution in [0.25, 0.3) is 0 Å². The molecule has 150 valence electrons. The summed E-state index contributed by atoms with van der Waals surface area (Å²) in [5.41, 5.74) is 1.26. The maximum atomic E-state index is 12.6. The third-order valence-electron chi connectivity index (χ3n) is 3.89. The first-order valence-corrected chi connectivity index (χ1v) is 8.61. The minimum absolute atomic E-state index is 0.0125. The van der Waals surface area contributed by atoms with Gasteiger partial charge in [-0.1, -0.05) is 18.2 Å². The molecule has 1 heterocycles. The Morgan fingerprint density at radius 1 is 1.07 bits per heavy atom. The zero-order chi connectivity index (χ0) is 20.6. The highest BCUT2D eigenvalue weighted by Crippen LogP contribution is 2.31. The number of rotatable bonds is 8. The average molecular weight is 400 g/mol. The summed E-state index contributed by atoms with van der Waals surface area (Å²) in [5.74, 6) is 0.0887. The zero-order valence-corrected chi connectivity index (χ0v) is 15.5. The number of anilines is 1. The molecule has 1 aromatic heterocycles. The topological polar surface area (TPSA) is 69.7 Å². The van der Waals surface area contributed by atoms with Crippen molar-refractivity contribution in [3.05, 3.63) is 78.1 Å². The standard InChI is InChI=1S/C21H18F2N2O4/c1-27-18-9-8-15(11-19(18)28-13-14-5-4-10-24-12-14)25-20(26)16-6-2-3-7-17(16)29-21(22)23/h2-12,21H,13H2,1H3,(H,25,26). The summed E-state index contributed by atoms with van der Waals surface area (Å²) in [6.45, 7) is -2.77. The first-order chi connectivity index (χ1) is 14.1. The predicted molar refractivity (Wildman–Crippen MR) is 103 cm³/mol. The number of hydrogen-bond acceptors (Lipinski definition) is 5. The molecule has 1 N–H and O–H groups in total. The largest absolute Gasteiger partial charge is 0.493 e. The van der Waals surface area contributed by atoms with E-state index in [0.29, 0.717) is 17.2 Å². The van der Waals surface area contributed by atoms with Gasteiger partial charge >= 0.3 is 6.61 Å². The van der Waals surface area contributed by atoms with Crippen LogP contribution in [0.2, 0.25) is 0 Å². The monoisotopic (exact) mass is 400 g/mol. The molecule has 3 aromatic rings. The molecule has 0 saturated carbocycles. The number of methoxy groups -OCH3 is 1. The molecule has 0 aliphatic heterocycles. The molecule has 0 spiro atoms. The van der Waals surface area contributed by atoms with Gasteiger partial charge in [0.15, 0.2) is 11.5 Å². The van der Waals surface area contributed by atoms with Crippen LogP contribution in [0.5, 0.6) is 17.2 Å². The summed E-state index contributed by atoms with van der Waals surface area (Å²) < 4.78 is 40.6. The molecule has 3 rings (SSSR count). The van der Waals surface area contributed by atoms with E-state index >= 15 is 0 Å². The van der Waals surface area contributed by atoms with Crippen LogP contribution in [-0.2, 0) is 6.61 Å². The van der Waals surface area contributed by atoms with E-state index in [9.17, 15) is 13.6 Å². The van der Waals surface area contributed by atoms with Crippen LogP contribution in [-0.4, -0.2) is 24.6 Å². The number of alkyl halides is 2. The second-order valence-electron chi connectivity index (χ2n) is 5.84. The summed E-state index contributed by atoms with van der Waals surface area (Å²) in [4.78, 5) is 16.6. The number of halogens is 2. The van der Waals surface area contributed by atoms with Crippen molar-refractivity contribution in [2.75, 3.05) is 12.4 Å². The lowest BCUT2D eigenvalue weighted by atomic mass is 10.2. The van der Waals surface area contributed by atoms with E-state index in [1.54, 1.807) is 42.7 Å². The SMILES string of the molecule is COc1ccc(NC(=O)c2ccccc2OC(F)F)cc1OCc1cccnc1. The molecule has 0 aliphatic carbocycles. The van der Waals surface area contributed by atoms with Crippen LogP contribution >= 0.6 is 0 Å². The van der Waals surface area contributed by atoms with Gasteiger partial charge in [0, 0.05) is 29.7 Å². The Bertz CT molecular complexity index is 968. The molecule has 0 atom stereocenters. The van der Waals surface area contributed by atoms with Gasteiger partial charge in [-0.25, -0.2) is 0 Å². The molecule has 0 fully saturated rings. The molecule has 6 nitrogen and oxygen atoms in total. The van der Waals surface area contributed by atoms with E-state index in [0.717, 1.165) is 5.56 Å². The molecule has 2 aromatic carbocycles. The summed E-state index contributed by atoms with van der Waals surface area (Å²) in [6.07, 6.45) is 3.34. The first-order valence-electron chi connectivity index (χ1n) is 8.61. The van der Waals surface area contributed by atoms with Gasteiger partial charge in [-0.05, 0) is 30.3 Å². The molecule has 0 saturated heterocycles. The fraction of sp³-hybridized carbons (Fsp3) is 0.143. The minimum atomic E-state index is -3.03. The lowest BCUT2D eigenvalue weighted by Gasteiger charge is -2.14. The molecule has 1 amide bonds. The average Bonchev–Trinajstić information content (AvgIpc) is 2.73. The van der Waals surface area contributed by atoms with Gasteiger partial charge in [0.05, 0.1) is 12.7 Å². The third kappa shape index (κ3) is 5.41. The van der Waals surface area contributed by atoms with Crippen molar-refractivity contribution in [2.24, 2.45) is 0 Å². The predicted octanol–water partition coefficient (Wildman–Crippen LogP) is 4.52. The fourth-order valence-corrected chi connectivity index (χ4v) is 2.56. The van der Waals surface area contributed by atoms with Gasteiger partial charge in [0.25, 0.3) is 5.91 Å². The summed E-state index contributed by atoms with van der Waals surface area (Å²) in [5, 5.41) is 2.65. The maximum Gasteiger partial charge on any atom is 0.387 e. The second kappa shape index (κ2) is 9.50. The van der Waals surface area contributed by atoms with Gasteiger partial charge in [0.1, 0.15) is 12.4 Å². The molecule has 0 bridgehead atoms. The van der Waals surface area contributed by atoms with Gasteiger partial charge in [-0.3, -0.25) is 9.78 Å². The van der Waals surface area contributed by atoms with Crippen molar-refractivity contribution >= 4 is 11.6 Å². The van der Waals surface area contributed by atoms with Gasteiger partial charge in [0.2, 0.25) is 0 Å². The van der Waals surface area contributed by atoms with Crippen molar-refractivity contribution < 1.29 is 27.8 Å². The quantitative estimate of drug-likeness (QED) is 0.602. The molecular weight excluding hydrogens is 382 g/mol. The van der Waals surface area contributed by atoms with Crippen molar-refractivity contribution in [3.8, 4) is 17.2 Å². The van der Waals surface area contributed by atoms with E-state index in [1.165, 1.54) is 25.3 Å². The third-order valence-corrected chi connectivity index (χ3v) is 3.89. The normalized spacial score (nSPS) is 10.5. The van der Waals surface area contributed by atoms with E-state index in [1.807, 2.05) is 6.07 Å². The number of carbonyl (C=O) groups is 1. The maximum absolute atomic E-state index is 12.6. The summed E-state index contributed by atoms with van der Waals surface area (Å²) >= 11 is 0. The number of nitrogens with one attached hydrogen (secondary N) is 1. The Hall–Kier alpha value is -3.68. The Morgan fingerprint density at radius 3 is 2.62 bits per heavy atom. The van der Waals surface area contributed by atoms with Gasteiger partial charge < -0.3 is 19.5 Å². The highest BCUT2D eigenvalue weighted by atomic mass is 19.3. The lowest BCUT2D eigenvalue weighted by molar-refractivity contribution is -0.0501. The number of nitrogens with zero attached hydrogens (tertiary/aromatic N) is 1. The minimum Gasteiger partial charge on any atom is -0.493 e. The summed E-state index contributed by atoms with van der Waals surface area (Å²) in [7, 11) is 1.50. The van der Waals surface area contributed by atoms with E-state index < -0.39 is 12.5 Å². The van der Waals surface area contributed by atoms with Gasteiger partial charge in [-0.2, -0.15) is 8.78 Å². The highest BCUT2D eigenvalue weighted by molar-refractivity contribution is 6.06. The lowest BCUT2D eigenvalue weighted by Crippen LogP contribution is -2.15. The van der Waals surface area contributed by atoms with E-state index in [4.69, 9.17) is 9.47 Å². The molecule has 0 radical (unpaired) electrons. The van der Waals surface area contributed by atoms with Crippen LogP contribution < -0.4 is 19.5 Å². The van der Waals surface area contributed by atoms with Crippen LogP contribution in [0.3, 0.4) is 0 Å². The number of benzene rings is 2. The second-order valence-corrected chi connectivity index (χ2v) is 5.84. The van der Waals surface area contributed by atoms with Crippen LogP contribution in [0.4, 0.5) is 14.5 Å². The number of ether oxygens (including phenoxy) is 3. The Morgan fingerprint density at radius 2 is 1.90 bits per heavy atom. The first kappa shape index (κ1) is 20.1. The van der Waals surface area contributed by atoms with Crippen molar-refractivity contribution in [2.45, 2.75) is 13.2 Å². The molecule has 0 aliphatic rings. The number of aromatic nitrogens is 1. The number of carbonyl (C=O) groups excluding carboxylic acids is 1. The molecule has 8 heteroatoms. The summed E-state index contributed by atoms with van der Waals surface area (Å²) in [6, 6.07) is 14.3. The Balaban J connectivity index is 1.77. The Labute approximate surface area is 166 Å². The van der Waals surface area contributed by atoms with Crippen LogP contribution in [0.1, 0.15) is 15.9 Å². The molecule has 0 unspecified atom stereocenters.